The van der Waals surface area contributed by atoms with Crippen LogP contribution in [-0.4, -0.2) is 19.8 Å². The predicted octanol–water partition coefficient (Wildman–Crippen LogP) is 1.79. The van der Waals surface area contributed by atoms with E-state index in [0.29, 0.717) is 11.5 Å². The second-order valence-corrected chi connectivity index (χ2v) is 4.38. The molecule has 0 saturated heterocycles. The second-order valence-electron chi connectivity index (χ2n) is 4.38. The molecule has 1 fully saturated rings. The minimum absolute atomic E-state index is 0.329. The van der Waals surface area contributed by atoms with Gasteiger partial charge in [0.2, 0.25) is 0 Å². The third kappa shape index (κ3) is 2.20. The van der Waals surface area contributed by atoms with Crippen molar-refractivity contribution in [2.45, 2.75) is 39.2 Å². The van der Waals surface area contributed by atoms with Crippen molar-refractivity contribution in [3.05, 3.63) is 0 Å². The highest BCUT2D eigenvalue weighted by molar-refractivity contribution is 4.92. The van der Waals surface area contributed by atoms with Crippen LogP contribution in [0.25, 0.3) is 0 Å². The molecule has 2 nitrogen and oxygen atoms in total. The van der Waals surface area contributed by atoms with Gasteiger partial charge in [0.05, 0.1) is 6.10 Å². The molecule has 0 amide bonds. The van der Waals surface area contributed by atoms with Gasteiger partial charge in [-0.15, -0.1) is 0 Å². The van der Waals surface area contributed by atoms with Crippen LogP contribution in [0.4, 0.5) is 0 Å². The Labute approximate surface area is 75.5 Å². The van der Waals surface area contributed by atoms with Crippen LogP contribution in [0.15, 0.2) is 0 Å². The normalized spacial score (nSPS) is 25.0. The quantitative estimate of drug-likeness (QED) is 0.684. The van der Waals surface area contributed by atoms with Gasteiger partial charge in [-0.1, -0.05) is 6.92 Å². The Hall–Kier alpha value is -0.0800. The zero-order valence-corrected chi connectivity index (χ0v) is 8.47. The van der Waals surface area contributed by atoms with Crippen molar-refractivity contribution in [2.75, 3.05) is 13.7 Å². The van der Waals surface area contributed by atoms with E-state index in [1.165, 1.54) is 12.8 Å². The van der Waals surface area contributed by atoms with Crippen LogP contribution in [0.5, 0.6) is 0 Å². The molecule has 1 aliphatic carbocycles. The van der Waals surface area contributed by atoms with Crippen LogP contribution in [0.3, 0.4) is 0 Å². The van der Waals surface area contributed by atoms with Crippen molar-refractivity contribution in [1.82, 2.24) is 0 Å². The van der Waals surface area contributed by atoms with E-state index in [1.807, 2.05) is 0 Å². The topological polar surface area (TPSA) is 35.2 Å². The summed E-state index contributed by atoms with van der Waals surface area (Å²) in [5, 5.41) is 0. The fourth-order valence-electron chi connectivity index (χ4n) is 1.94. The zero-order valence-electron chi connectivity index (χ0n) is 8.47. The lowest BCUT2D eigenvalue weighted by Crippen LogP contribution is -2.33. The monoisotopic (exact) mass is 171 g/mol. The smallest absolute Gasteiger partial charge is 0.0549 e. The van der Waals surface area contributed by atoms with E-state index in [1.54, 1.807) is 7.11 Å². The minimum atomic E-state index is 0.329. The largest absolute Gasteiger partial charge is 0.382 e. The molecule has 2 unspecified atom stereocenters. The lowest BCUT2D eigenvalue weighted by molar-refractivity contribution is 0.0644. The lowest BCUT2D eigenvalue weighted by Gasteiger charge is -2.30. The number of hydrogen-bond acceptors (Lipinski definition) is 2. The molecule has 0 aromatic heterocycles. The van der Waals surface area contributed by atoms with Gasteiger partial charge in [0.1, 0.15) is 0 Å². The van der Waals surface area contributed by atoms with E-state index in [9.17, 15) is 0 Å². The highest BCUT2D eigenvalue weighted by Crippen LogP contribution is 2.47. The summed E-state index contributed by atoms with van der Waals surface area (Å²) in [5.41, 5.74) is 6.12. The Balaban J connectivity index is 2.42. The van der Waals surface area contributed by atoms with Crippen LogP contribution < -0.4 is 5.73 Å². The molecule has 0 heterocycles. The fraction of sp³-hybridized carbons (Fsp3) is 1.00. The van der Waals surface area contributed by atoms with Crippen molar-refractivity contribution in [3.63, 3.8) is 0 Å². The highest BCUT2D eigenvalue weighted by Gasteiger charge is 2.41. The molecule has 1 saturated carbocycles. The van der Waals surface area contributed by atoms with Gasteiger partial charge in [-0.3, -0.25) is 0 Å². The first-order valence-corrected chi connectivity index (χ1v) is 4.85. The van der Waals surface area contributed by atoms with E-state index < -0.39 is 0 Å². The molecule has 1 rings (SSSR count). The molecule has 72 valence electrons. The maximum absolute atomic E-state index is 5.80. The molecular formula is C10H21NO. The standard InChI is InChI=1S/C10H21NO/c1-8(12-3)6-10(2,7-11)9-4-5-9/h8-9H,4-7,11H2,1-3H3. The Bertz CT molecular complexity index is 145. The van der Waals surface area contributed by atoms with E-state index in [0.717, 1.165) is 18.9 Å². The molecule has 0 aliphatic heterocycles. The SMILES string of the molecule is COC(C)CC(C)(CN)C1CC1. The molecular weight excluding hydrogens is 150 g/mol. The van der Waals surface area contributed by atoms with Gasteiger partial charge in [0.15, 0.2) is 0 Å². The van der Waals surface area contributed by atoms with Gasteiger partial charge in [-0.2, -0.15) is 0 Å². The molecule has 1 aliphatic rings. The number of rotatable bonds is 5. The summed E-state index contributed by atoms with van der Waals surface area (Å²) < 4.78 is 5.27. The van der Waals surface area contributed by atoms with Crippen molar-refractivity contribution in [2.24, 2.45) is 17.1 Å². The summed E-state index contributed by atoms with van der Waals surface area (Å²) in [5.74, 6) is 0.861. The Kier molecular flexibility index (Phi) is 3.13. The van der Waals surface area contributed by atoms with Gasteiger partial charge in [0, 0.05) is 7.11 Å². The lowest BCUT2D eigenvalue weighted by atomic mass is 9.80. The Morgan fingerprint density at radius 1 is 1.58 bits per heavy atom. The molecule has 0 aromatic carbocycles. The summed E-state index contributed by atoms with van der Waals surface area (Å²) in [4.78, 5) is 0. The first-order valence-electron chi connectivity index (χ1n) is 4.85. The summed E-state index contributed by atoms with van der Waals surface area (Å²) >= 11 is 0. The molecule has 12 heavy (non-hydrogen) atoms. The average molecular weight is 171 g/mol. The summed E-state index contributed by atoms with van der Waals surface area (Å²) in [6.45, 7) is 5.21. The van der Waals surface area contributed by atoms with Crippen molar-refractivity contribution < 1.29 is 4.74 Å². The third-order valence-corrected chi connectivity index (χ3v) is 3.19. The first-order chi connectivity index (χ1) is 5.62. The van der Waals surface area contributed by atoms with Gasteiger partial charge >= 0.3 is 0 Å². The maximum Gasteiger partial charge on any atom is 0.0549 e. The van der Waals surface area contributed by atoms with Gasteiger partial charge in [-0.25, -0.2) is 0 Å². The van der Waals surface area contributed by atoms with Gasteiger partial charge < -0.3 is 10.5 Å². The Morgan fingerprint density at radius 3 is 2.50 bits per heavy atom. The van der Waals surface area contributed by atoms with Crippen LogP contribution in [0, 0.1) is 11.3 Å². The second kappa shape index (κ2) is 3.75. The number of hydrogen-bond donors (Lipinski definition) is 1. The molecule has 2 N–H and O–H groups in total. The summed E-state index contributed by atoms with van der Waals surface area (Å²) in [7, 11) is 1.77. The van der Waals surface area contributed by atoms with Crippen molar-refractivity contribution in [1.29, 1.82) is 0 Å². The molecule has 0 aromatic rings. The first kappa shape index (κ1) is 10.0. The van der Waals surface area contributed by atoms with Crippen molar-refractivity contribution >= 4 is 0 Å². The van der Waals surface area contributed by atoms with E-state index in [4.69, 9.17) is 10.5 Å². The fourth-order valence-corrected chi connectivity index (χ4v) is 1.94. The van der Waals surface area contributed by atoms with E-state index in [2.05, 4.69) is 13.8 Å². The van der Waals surface area contributed by atoms with Gasteiger partial charge in [-0.05, 0) is 44.1 Å². The average Bonchev–Trinajstić information content (AvgIpc) is 2.86. The van der Waals surface area contributed by atoms with Crippen LogP contribution in [-0.2, 0) is 4.74 Å². The number of nitrogens with two attached hydrogens (primary N) is 1. The Morgan fingerprint density at radius 2 is 2.17 bits per heavy atom. The maximum atomic E-state index is 5.80. The highest BCUT2D eigenvalue weighted by atomic mass is 16.5. The predicted molar refractivity (Wildman–Crippen MR) is 51.0 cm³/mol. The van der Waals surface area contributed by atoms with E-state index >= 15 is 0 Å². The van der Waals surface area contributed by atoms with Crippen LogP contribution in [0.2, 0.25) is 0 Å². The third-order valence-electron chi connectivity index (χ3n) is 3.19. The number of ether oxygens (including phenoxy) is 1. The molecule has 2 atom stereocenters. The van der Waals surface area contributed by atoms with Gasteiger partial charge in [0.25, 0.3) is 0 Å². The van der Waals surface area contributed by atoms with Crippen LogP contribution >= 0.6 is 0 Å². The molecule has 0 bridgehead atoms. The van der Waals surface area contributed by atoms with E-state index in [-0.39, 0.29) is 0 Å². The minimum Gasteiger partial charge on any atom is -0.382 e. The summed E-state index contributed by atoms with van der Waals surface area (Å²) in [6.07, 6.45) is 4.18. The molecule has 2 heteroatoms. The summed E-state index contributed by atoms with van der Waals surface area (Å²) in [6, 6.07) is 0. The molecule has 0 spiro atoms. The number of methoxy groups -OCH3 is 1. The molecule has 0 radical (unpaired) electrons. The van der Waals surface area contributed by atoms with Crippen LogP contribution in [0.1, 0.15) is 33.1 Å². The van der Waals surface area contributed by atoms with Crippen molar-refractivity contribution in [3.8, 4) is 0 Å². The zero-order chi connectivity index (χ0) is 9.19.